The van der Waals surface area contributed by atoms with E-state index in [1.165, 1.54) is 44.6 Å². The molecule has 0 radical (unpaired) electrons. The molecule has 3 aromatic rings. The van der Waals surface area contributed by atoms with Crippen molar-refractivity contribution < 1.29 is 0 Å². The summed E-state index contributed by atoms with van der Waals surface area (Å²) in [7, 11) is 0. The Balaban J connectivity index is 1.93. The molecule has 0 bridgehead atoms. The van der Waals surface area contributed by atoms with Crippen molar-refractivity contribution in [1.29, 1.82) is 0 Å². The van der Waals surface area contributed by atoms with Crippen LogP contribution in [-0.2, 0) is 0 Å². The van der Waals surface area contributed by atoms with Gasteiger partial charge in [0.05, 0.1) is 11.2 Å². The lowest BCUT2D eigenvalue weighted by molar-refractivity contribution is 1.09. The van der Waals surface area contributed by atoms with Crippen LogP contribution in [0.4, 0.5) is 0 Å². The molecule has 0 amide bonds. The third kappa shape index (κ3) is 1.74. The molecule has 0 saturated heterocycles. The van der Waals surface area contributed by atoms with Crippen LogP contribution in [0.1, 0.15) is 23.2 Å². The lowest BCUT2D eigenvalue weighted by Crippen LogP contribution is -2.00. The van der Waals surface area contributed by atoms with Gasteiger partial charge < -0.3 is 4.57 Å². The fraction of sp³-hybridized carbons (Fsp3) is 0.0909. The van der Waals surface area contributed by atoms with E-state index in [4.69, 9.17) is 0 Å². The Morgan fingerprint density at radius 2 is 1.87 bits per heavy atom. The second kappa shape index (κ2) is 4.60. The molecule has 2 aromatic carbocycles. The lowest BCUT2D eigenvalue weighted by atomic mass is 10.0. The van der Waals surface area contributed by atoms with E-state index in [-0.39, 0.29) is 0 Å². The summed E-state index contributed by atoms with van der Waals surface area (Å²) in [5.74, 6) is 0. The zero-order valence-electron chi connectivity index (χ0n) is 13.1. The molecular formula is C22H17N. The van der Waals surface area contributed by atoms with Crippen molar-refractivity contribution in [3.8, 4) is 5.69 Å². The summed E-state index contributed by atoms with van der Waals surface area (Å²) in [6.07, 6.45) is 10.1. The number of allylic oxidation sites excluding steroid dienone is 5. The number of hydrogen-bond donors (Lipinski definition) is 0. The first-order chi connectivity index (χ1) is 11.3. The molecule has 0 spiro atoms. The van der Waals surface area contributed by atoms with Gasteiger partial charge in [-0.15, -0.1) is 0 Å². The van der Waals surface area contributed by atoms with Crippen LogP contribution in [0.2, 0.25) is 0 Å². The first-order valence-electron chi connectivity index (χ1n) is 8.11. The number of nitrogens with zero attached hydrogens (tertiary/aromatic N) is 1. The van der Waals surface area contributed by atoms with Crippen LogP contribution in [0, 0.1) is 6.92 Å². The van der Waals surface area contributed by atoms with E-state index in [1.54, 1.807) is 0 Å². The van der Waals surface area contributed by atoms with E-state index in [9.17, 15) is 0 Å². The van der Waals surface area contributed by atoms with Crippen LogP contribution in [0.3, 0.4) is 0 Å². The van der Waals surface area contributed by atoms with Gasteiger partial charge in [-0.3, -0.25) is 0 Å². The van der Waals surface area contributed by atoms with Crippen LogP contribution >= 0.6 is 0 Å². The molecule has 2 aliphatic carbocycles. The van der Waals surface area contributed by atoms with E-state index >= 15 is 0 Å². The van der Waals surface area contributed by atoms with Crippen molar-refractivity contribution in [1.82, 2.24) is 4.57 Å². The molecule has 0 fully saturated rings. The average molecular weight is 295 g/mol. The highest BCUT2D eigenvalue weighted by Crippen LogP contribution is 2.45. The van der Waals surface area contributed by atoms with Gasteiger partial charge in [0.1, 0.15) is 0 Å². The summed E-state index contributed by atoms with van der Waals surface area (Å²) < 4.78 is 2.42. The zero-order chi connectivity index (χ0) is 15.4. The molecule has 23 heavy (non-hydrogen) atoms. The molecule has 0 aliphatic heterocycles. The molecule has 1 heteroatoms. The van der Waals surface area contributed by atoms with Crippen molar-refractivity contribution in [2.75, 3.05) is 0 Å². The smallest absolute Gasteiger partial charge is 0.0616 e. The van der Waals surface area contributed by atoms with E-state index in [1.807, 2.05) is 0 Å². The number of aryl methyl sites for hydroxylation is 1. The summed E-state index contributed by atoms with van der Waals surface area (Å²) in [6.45, 7) is 2.17. The topological polar surface area (TPSA) is 4.93 Å². The summed E-state index contributed by atoms with van der Waals surface area (Å²) in [5, 5.41) is 1.35. The Labute approximate surface area is 135 Å². The SMILES string of the molecule is Cc1ccc2c(c1)c1c(n2-c2ccccc2)C2=CC=CCC2=C1. The van der Waals surface area contributed by atoms with Gasteiger partial charge in [0.25, 0.3) is 0 Å². The number of benzene rings is 2. The van der Waals surface area contributed by atoms with E-state index in [0.717, 1.165) is 6.42 Å². The summed E-state index contributed by atoms with van der Waals surface area (Å²) >= 11 is 0. The molecule has 1 nitrogen and oxygen atoms in total. The molecule has 1 heterocycles. The molecule has 1 aromatic heterocycles. The normalized spacial score (nSPS) is 15.3. The Morgan fingerprint density at radius 1 is 1.00 bits per heavy atom. The molecule has 5 rings (SSSR count). The number of hydrogen-bond acceptors (Lipinski definition) is 0. The predicted molar refractivity (Wildman–Crippen MR) is 97.7 cm³/mol. The number of fused-ring (bicyclic) bond motifs is 5. The van der Waals surface area contributed by atoms with Gasteiger partial charge in [0, 0.05) is 22.2 Å². The van der Waals surface area contributed by atoms with E-state index in [2.05, 4.69) is 84.3 Å². The van der Waals surface area contributed by atoms with Crippen molar-refractivity contribution in [2.45, 2.75) is 13.3 Å². The molecular weight excluding hydrogens is 278 g/mol. The quantitative estimate of drug-likeness (QED) is 0.544. The van der Waals surface area contributed by atoms with Gasteiger partial charge >= 0.3 is 0 Å². The maximum absolute atomic E-state index is 2.42. The van der Waals surface area contributed by atoms with Gasteiger partial charge in [0.2, 0.25) is 0 Å². The first-order valence-corrected chi connectivity index (χ1v) is 8.11. The minimum absolute atomic E-state index is 1.03. The standard InChI is InChI=1S/C22H17N/c1-15-11-12-21-19(13-15)20-14-16-7-5-6-10-18(16)22(20)23(21)17-8-3-2-4-9-17/h2-6,8-14H,7H2,1H3. The Hall–Kier alpha value is -2.80. The van der Waals surface area contributed by atoms with Gasteiger partial charge in [-0.1, -0.05) is 48.1 Å². The number of aromatic nitrogens is 1. The molecule has 110 valence electrons. The van der Waals surface area contributed by atoms with Crippen molar-refractivity contribution in [2.24, 2.45) is 0 Å². The third-order valence-corrected chi connectivity index (χ3v) is 4.83. The highest BCUT2D eigenvalue weighted by Gasteiger charge is 2.27. The van der Waals surface area contributed by atoms with Crippen LogP contribution in [0.25, 0.3) is 28.2 Å². The molecule has 2 aliphatic rings. The van der Waals surface area contributed by atoms with Gasteiger partial charge in [-0.05, 0) is 49.3 Å². The second-order valence-electron chi connectivity index (χ2n) is 6.34. The Bertz CT molecular complexity index is 1030. The zero-order valence-corrected chi connectivity index (χ0v) is 13.1. The minimum Gasteiger partial charge on any atom is -0.309 e. The maximum atomic E-state index is 2.42. The average Bonchev–Trinajstić information content (AvgIpc) is 3.10. The minimum atomic E-state index is 1.03. The van der Waals surface area contributed by atoms with E-state index in [0.29, 0.717) is 0 Å². The molecule has 0 unspecified atom stereocenters. The van der Waals surface area contributed by atoms with Crippen LogP contribution in [-0.4, -0.2) is 4.57 Å². The first kappa shape index (κ1) is 12.7. The number of rotatable bonds is 1. The van der Waals surface area contributed by atoms with Crippen molar-refractivity contribution >= 4 is 22.6 Å². The number of para-hydroxylation sites is 1. The molecule has 0 saturated carbocycles. The predicted octanol–water partition coefficient (Wildman–Crippen LogP) is 5.68. The van der Waals surface area contributed by atoms with Crippen LogP contribution < -0.4 is 0 Å². The summed E-state index contributed by atoms with van der Waals surface area (Å²) in [6, 6.07) is 17.5. The van der Waals surface area contributed by atoms with Gasteiger partial charge in [-0.2, -0.15) is 0 Å². The second-order valence-corrected chi connectivity index (χ2v) is 6.34. The molecule has 0 atom stereocenters. The van der Waals surface area contributed by atoms with E-state index < -0.39 is 0 Å². The lowest BCUT2D eigenvalue weighted by Gasteiger charge is -2.14. The Morgan fingerprint density at radius 3 is 2.74 bits per heavy atom. The summed E-state index contributed by atoms with van der Waals surface area (Å²) in [4.78, 5) is 0. The monoisotopic (exact) mass is 295 g/mol. The van der Waals surface area contributed by atoms with Crippen LogP contribution in [0.5, 0.6) is 0 Å². The highest BCUT2D eigenvalue weighted by atomic mass is 15.0. The van der Waals surface area contributed by atoms with Gasteiger partial charge in [0.15, 0.2) is 0 Å². The Kier molecular flexibility index (Phi) is 2.54. The summed E-state index contributed by atoms with van der Waals surface area (Å²) in [5.41, 5.74) is 9.36. The fourth-order valence-electron chi connectivity index (χ4n) is 3.80. The van der Waals surface area contributed by atoms with Crippen molar-refractivity contribution in [3.63, 3.8) is 0 Å². The van der Waals surface area contributed by atoms with Gasteiger partial charge in [-0.25, -0.2) is 0 Å². The van der Waals surface area contributed by atoms with Crippen LogP contribution in [0.15, 0.2) is 72.3 Å². The fourth-order valence-corrected chi connectivity index (χ4v) is 3.80. The highest BCUT2D eigenvalue weighted by molar-refractivity contribution is 6.06. The maximum Gasteiger partial charge on any atom is 0.0616 e. The van der Waals surface area contributed by atoms with Crippen molar-refractivity contribution in [3.05, 3.63) is 89.2 Å². The third-order valence-electron chi connectivity index (χ3n) is 4.83. The molecule has 0 N–H and O–H groups in total. The largest absolute Gasteiger partial charge is 0.309 e.